The van der Waals surface area contributed by atoms with Gasteiger partial charge in [-0.25, -0.2) is 26.6 Å². The number of nitrogens with zero attached hydrogens (tertiary/aromatic N) is 2. The van der Waals surface area contributed by atoms with Crippen molar-refractivity contribution < 1.29 is 31.8 Å². The predicted octanol–water partition coefficient (Wildman–Crippen LogP) is 2.88. The average molecular weight is 437 g/mol. The summed E-state index contributed by atoms with van der Waals surface area (Å²) < 4.78 is 61.7. The fourth-order valence-electron chi connectivity index (χ4n) is 2.85. The van der Waals surface area contributed by atoms with Crippen LogP contribution in [0.15, 0.2) is 53.7 Å². The summed E-state index contributed by atoms with van der Waals surface area (Å²) in [6, 6.07) is 8.09. The van der Waals surface area contributed by atoms with Crippen molar-refractivity contribution in [1.82, 2.24) is 14.3 Å². The van der Waals surface area contributed by atoms with Crippen molar-refractivity contribution in [3.05, 3.63) is 66.1 Å². The Hall–Kier alpha value is -3.47. The van der Waals surface area contributed by atoms with Gasteiger partial charge in [0.25, 0.3) is 10.0 Å². The molecule has 30 heavy (non-hydrogen) atoms. The number of hydrogen-bond acceptors (Lipinski definition) is 5. The Balaban J connectivity index is 2.19. The molecule has 3 aromatic rings. The van der Waals surface area contributed by atoms with Gasteiger partial charge in [-0.15, -0.1) is 0 Å². The minimum absolute atomic E-state index is 0.103. The van der Waals surface area contributed by atoms with Crippen LogP contribution in [0.25, 0.3) is 11.3 Å². The molecule has 0 aliphatic rings. The molecule has 0 aliphatic carbocycles. The summed E-state index contributed by atoms with van der Waals surface area (Å²) in [5.74, 6) is -1.77. The van der Waals surface area contributed by atoms with Gasteiger partial charge in [0, 0.05) is 30.6 Å². The van der Waals surface area contributed by atoms with E-state index in [0.29, 0.717) is 3.97 Å². The van der Waals surface area contributed by atoms with Crippen LogP contribution >= 0.6 is 0 Å². The van der Waals surface area contributed by atoms with Gasteiger partial charge in [0.1, 0.15) is 11.4 Å². The fourth-order valence-corrected chi connectivity index (χ4v) is 4.28. The van der Waals surface area contributed by atoms with Crippen LogP contribution in [0.2, 0.25) is 0 Å². The molecule has 0 aliphatic heterocycles. The fraction of sp³-hybridized carbons (Fsp3) is 0.158. The highest BCUT2D eigenvalue weighted by molar-refractivity contribution is 7.90. The molecule has 2 N–H and O–H groups in total. The first-order valence-corrected chi connectivity index (χ1v) is 10.1. The molecule has 0 bridgehead atoms. The largest absolute Gasteiger partial charge is 0.497 e. The smallest absolute Gasteiger partial charge is 0.404 e. The number of rotatable bonds is 7. The summed E-state index contributed by atoms with van der Waals surface area (Å²) in [7, 11) is -2.98. The zero-order valence-corrected chi connectivity index (χ0v) is 16.5. The van der Waals surface area contributed by atoms with Gasteiger partial charge in [0.15, 0.2) is 5.82 Å². The minimum Gasteiger partial charge on any atom is -0.497 e. The van der Waals surface area contributed by atoms with Crippen LogP contribution in [0.5, 0.6) is 5.75 Å². The quantitative estimate of drug-likeness (QED) is 0.550. The van der Waals surface area contributed by atoms with Gasteiger partial charge >= 0.3 is 6.09 Å². The molecule has 0 atom stereocenters. The molecule has 0 radical (unpaired) electrons. The Morgan fingerprint density at radius 2 is 2.03 bits per heavy atom. The van der Waals surface area contributed by atoms with Gasteiger partial charge in [0.2, 0.25) is 5.95 Å². The number of carboxylic acid groups (broad SMARTS) is 1. The van der Waals surface area contributed by atoms with E-state index in [-0.39, 0.29) is 34.7 Å². The third kappa shape index (κ3) is 4.10. The molecule has 11 heteroatoms. The van der Waals surface area contributed by atoms with Crippen molar-refractivity contribution in [2.45, 2.75) is 11.3 Å². The summed E-state index contributed by atoms with van der Waals surface area (Å²) in [5.41, 5.74) is -0.985. The monoisotopic (exact) mass is 437 g/mol. The summed E-state index contributed by atoms with van der Waals surface area (Å²) in [4.78, 5) is 13.9. The van der Waals surface area contributed by atoms with Crippen LogP contribution in [0.1, 0.15) is 5.56 Å². The molecule has 2 heterocycles. The number of hydrogen-bond donors (Lipinski definition) is 2. The molecule has 0 unspecified atom stereocenters. The number of pyridine rings is 1. The maximum absolute atomic E-state index is 15.2. The van der Waals surface area contributed by atoms with Crippen LogP contribution in [-0.2, 0) is 16.4 Å². The number of halogens is 2. The van der Waals surface area contributed by atoms with Crippen molar-refractivity contribution >= 4 is 16.1 Å². The normalized spacial score (nSPS) is 11.3. The Kier molecular flexibility index (Phi) is 6.01. The van der Waals surface area contributed by atoms with Gasteiger partial charge in [-0.3, -0.25) is 0 Å². The second kappa shape index (κ2) is 8.49. The number of benzene rings is 1. The first-order valence-electron chi connectivity index (χ1n) is 8.62. The van der Waals surface area contributed by atoms with Crippen molar-refractivity contribution in [3.63, 3.8) is 0 Å². The van der Waals surface area contributed by atoms with E-state index in [9.17, 15) is 17.6 Å². The number of amides is 1. The average Bonchev–Trinajstić information content (AvgIpc) is 3.05. The van der Waals surface area contributed by atoms with Crippen LogP contribution in [0.4, 0.5) is 13.6 Å². The van der Waals surface area contributed by atoms with Gasteiger partial charge in [-0.05, 0) is 30.7 Å². The first kappa shape index (κ1) is 21.2. The van der Waals surface area contributed by atoms with Crippen LogP contribution in [-0.4, -0.2) is 42.2 Å². The standard InChI is InChI=1S/C19H17F2N3O5S/c1-29-13-4-2-5-14(10-13)30(27,28)24-11-12(7-9-23-19(25)26)16(20)17(24)15-6-3-8-22-18(15)21/h2-6,8,10-11,23H,7,9H2,1H3,(H,25,26). The lowest BCUT2D eigenvalue weighted by Gasteiger charge is -2.12. The lowest BCUT2D eigenvalue weighted by molar-refractivity contribution is 0.194. The van der Waals surface area contributed by atoms with Gasteiger partial charge in [-0.1, -0.05) is 6.07 Å². The molecule has 8 nitrogen and oxygen atoms in total. The molecule has 0 saturated heterocycles. The van der Waals surface area contributed by atoms with Crippen LogP contribution in [0.3, 0.4) is 0 Å². The molecular weight excluding hydrogens is 420 g/mol. The van der Waals surface area contributed by atoms with Gasteiger partial charge in [-0.2, -0.15) is 4.39 Å². The number of methoxy groups -OCH3 is 1. The highest BCUT2D eigenvalue weighted by Crippen LogP contribution is 2.32. The van der Waals surface area contributed by atoms with Crippen LogP contribution < -0.4 is 10.1 Å². The van der Waals surface area contributed by atoms with Crippen molar-refractivity contribution in [1.29, 1.82) is 0 Å². The Bertz CT molecular complexity index is 1190. The predicted molar refractivity (Wildman–Crippen MR) is 103 cm³/mol. The SMILES string of the molecule is COc1cccc(S(=O)(=O)n2cc(CCNC(=O)O)c(F)c2-c2cccnc2F)c1. The summed E-state index contributed by atoms with van der Waals surface area (Å²) >= 11 is 0. The second-order valence-corrected chi connectivity index (χ2v) is 7.94. The lowest BCUT2D eigenvalue weighted by atomic mass is 10.1. The molecule has 0 spiro atoms. The van der Waals surface area contributed by atoms with E-state index in [1.165, 1.54) is 37.4 Å². The minimum atomic E-state index is -4.34. The summed E-state index contributed by atoms with van der Waals surface area (Å²) in [6.07, 6.45) is 0.707. The third-order valence-electron chi connectivity index (χ3n) is 4.27. The second-order valence-electron chi connectivity index (χ2n) is 6.12. The zero-order valence-electron chi connectivity index (χ0n) is 15.7. The molecule has 0 saturated carbocycles. The lowest BCUT2D eigenvalue weighted by Crippen LogP contribution is -2.23. The molecule has 0 fully saturated rings. The zero-order chi connectivity index (χ0) is 21.9. The van der Waals surface area contributed by atoms with Crippen LogP contribution in [0, 0.1) is 11.8 Å². The molecule has 2 aromatic heterocycles. The number of nitrogens with one attached hydrogen (secondary N) is 1. The van der Waals surface area contributed by atoms with E-state index in [1.54, 1.807) is 6.07 Å². The number of ether oxygens (including phenoxy) is 1. The number of aromatic nitrogens is 2. The van der Waals surface area contributed by atoms with E-state index in [2.05, 4.69) is 10.3 Å². The van der Waals surface area contributed by atoms with Crippen molar-refractivity contribution in [2.75, 3.05) is 13.7 Å². The van der Waals surface area contributed by atoms with E-state index in [4.69, 9.17) is 9.84 Å². The van der Waals surface area contributed by atoms with E-state index in [0.717, 1.165) is 12.4 Å². The van der Waals surface area contributed by atoms with E-state index >= 15 is 4.39 Å². The highest BCUT2D eigenvalue weighted by atomic mass is 32.2. The molecule has 1 amide bonds. The Morgan fingerprint density at radius 3 is 2.70 bits per heavy atom. The maximum Gasteiger partial charge on any atom is 0.404 e. The van der Waals surface area contributed by atoms with E-state index < -0.39 is 33.6 Å². The Morgan fingerprint density at radius 1 is 1.27 bits per heavy atom. The first-order chi connectivity index (χ1) is 14.3. The van der Waals surface area contributed by atoms with E-state index in [1.807, 2.05) is 0 Å². The summed E-state index contributed by atoms with van der Waals surface area (Å²) in [5, 5.41) is 10.8. The topological polar surface area (TPSA) is 111 Å². The van der Waals surface area contributed by atoms with Gasteiger partial charge in [0.05, 0.1) is 17.6 Å². The summed E-state index contributed by atoms with van der Waals surface area (Å²) in [6.45, 7) is -0.162. The number of carbonyl (C=O) groups is 1. The highest BCUT2D eigenvalue weighted by Gasteiger charge is 2.28. The van der Waals surface area contributed by atoms with Crippen molar-refractivity contribution in [3.8, 4) is 17.0 Å². The maximum atomic E-state index is 15.2. The third-order valence-corrected chi connectivity index (χ3v) is 5.92. The molecular formula is C19H17F2N3O5S. The molecule has 3 rings (SSSR count). The van der Waals surface area contributed by atoms with Gasteiger partial charge < -0.3 is 15.2 Å². The molecule has 158 valence electrons. The molecule has 1 aromatic carbocycles. The Labute approximate surface area is 170 Å². The van der Waals surface area contributed by atoms with Crippen molar-refractivity contribution in [2.24, 2.45) is 0 Å².